The van der Waals surface area contributed by atoms with Crippen LogP contribution in [0.3, 0.4) is 0 Å². The number of nitrogens with zero attached hydrogens (tertiary/aromatic N) is 3. The fourth-order valence-electron chi connectivity index (χ4n) is 1.15. The van der Waals surface area contributed by atoms with Crippen molar-refractivity contribution in [2.75, 3.05) is 17.9 Å². The minimum absolute atomic E-state index is 0.113. The highest BCUT2D eigenvalue weighted by molar-refractivity contribution is 5.74. The van der Waals surface area contributed by atoms with Crippen LogP contribution in [0.15, 0.2) is 0 Å². The summed E-state index contributed by atoms with van der Waals surface area (Å²) in [5, 5.41) is 2.88. The van der Waals surface area contributed by atoms with Crippen LogP contribution in [0, 0.1) is 0 Å². The van der Waals surface area contributed by atoms with Crippen molar-refractivity contribution in [1.82, 2.24) is 15.0 Å². The molecule has 0 spiro atoms. The first-order valence-electron chi connectivity index (χ1n) is 4.86. The van der Waals surface area contributed by atoms with Crippen molar-refractivity contribution >= 4 is 17.8 Å². The molecule has 1 atom stereocenters. The van der Waals surface area contributed by atoms with E-state index in [4.69, 9.17) is 16.3 Å². The minimum atomic E-state index is -0.414. The molecular formula is C8H15N7O2. The van der Waals surface area contributed by atoms with E-state index >= 15 is 0 Å². The summed E-state index contributed by atoms with van der Waals surface area (Å²) >= 11 is 0. The summed E-state index contributed by atoms with van der Waals surface area (Å²) in [6.07, 6.45) is 0.166. The first-order valence-corrected chi connectivity index (χ1v) is 4.86. The first kappa shape index (κ1) is 12.9. The number of hydrazine groups is 1. The largest absolute Gasteiger partial charge is 0.467 e. The second-order valence-corrected chi connectivity index (χ2v) is 3.33. The van der Waals surface area contributed by atoms with E-state index in [2.05, 4.69) is 25.7 Å². The lowest BCUT2D eigenvalue weighted by Crippen LogP contribution is -2.25. The lowest BCUT2D eigenvalue weighted by molar-refractivity contribution is -0.118. The quantitative estimate of drug-likeness (QED) is 0.361. The van der Waals surface area contributed by atoms with Crippen LogP contribution in [0.25, 0.3) is 0 Å². The number of nitrogens with two attached hydrogens (primary N) is 2. The average molecular weight is 241 g/mol. The van der Waals surface area contributed by atoms with E-state index in [0.717, 1.165) is 0 Å². The number of carbonyl (C=O) groups excluding carboxylic acids is 1. The van der Waals surface area contributed by atoms with Gasteiger partial charge in [0.25, 0.3) is 0 Å². The van der Waals surface area contributed by atoms with Crippen molar-refractivity contribution in [3.05, 3.63) is 0 Å². The summed E-state index contributed by atoms with van der Waals surface area (Å²) in [7, 11) is 1.42. The molecule has 0 fully saturated rings. The second kappa shape index (κ2) is 5.80. The Morgan fingerprint density at radius 2 is 2.06 bits per heavy atom. The Hall–Kier alpha value is -2.16. The normalized spacial score (nSPS) is 11.7. The number of hydrogen-bond acceptors (Lipinski definition) is 8. The molecule has 0 aliphatic heterocycles. The molecule has 0 saturated carbocycles. The number of methoxy groups -OCH3 is 1. The molecule has 0 bridgehead atoms. The van der Waals surface area contributed by atoms with Gasteiger partial charge in [-0.15, -0.1) is 0 Å². The Morgan fingerprint density at radius 1 is 1.41 bits per heavy atom. The number of carbonyl (C=O) groups is 1. The Labute approximate surface area is 97.9 Å². The molecule has 0 aliphatic carbocycles. The molecule has 9 heteroatoms. The van der Waals surface area contributed by atoms with Gasteiger partial charge in [-0.1, -0.05) is 0 Å². The number of rotatable bonds is 6. The van der Waals surface area contributed by atoms with E-state index in [9.17, 15) is 4.79 Å². The number of hydrogen-bond donors (Lipinski definition) is 4. The molecule has 94 valence electrons. The molecular weight excluding hydrogens is 226 g/mol. The molecule has 1 aromatic rings. The van der Waals surface area contributed by atoms with Crippen molar-refractivity contribution in [2.45, 2.75) is 19.4 Å². The van der Waals surface area contributed by atoms with Crippen molar-refractivity contribution in [2.24, 2.45) is 11.6 Å². The molecule has 0 saturated heterocycles. The Balaban J connectivity index is 2.79. The van der Waals surface area contributed by atoms with Gasteiger partial charge in [0.15, 0.2) is 0 Å². The van der Waals surface area contributed by atoms with E-state index < -0.39 is 5.91 Å². The standard InChI is InChI=1S/C8H15N7O2/c1-4(3-5(9)16)11-6-12-7(15-10)14-8(13-6)17-2/h4H,3,10H2,1-2H3,(H2,9,16)(H2,11,12,13,14,15). The maximum Gasteiger partial charge on any atom is 0.322 e. The lowest BCUT2D eigenvalue weighted by Gasteiger charge is -2.12. The van der Waals surface area contributed by atoms with Gasteiger partial charge in [-0.25, -0.2) is 5.84 Å². The van der Waals surface area contributed by atoms with E-state index in [0.29, 0.717) is 0 Å². The summed E-state index contributed by atoms with van der Waals surface area (Å²) < 4.78 is 4.87. The summed E-state index contributed by atoms with van der Waals surface area (Å²) in [5.74, 6) is 5.19. The molecule has 1 aromatic heterocycles. The van der Waals surface area contributed by atoms with E-state index in [1.807, 2.05) is 0 Å². The molecule has 0 radical (unpaired) electrons. The zero-order valence-electron chi connectivity index (χ0n) is 9.60. The number of anilines is 2. The van der Waals surface area contributed by atoms with Crippen LogP contribution in [-0.4, -0.2) is 34.0 Å². The van der Waals surface area contributed by atoms with Gasteiger partial charge in [0.05, 0.1) is 7.11 Å². The molecule has 1 amide bonds. The average Bonchev–Trinajstić information content (AvgIpc) is 2.27. The molecule has 1 heterocycles. The zero-order valence-corrected chi connectivity index (χ0v) is 9.60. The second-order valence-electron chi connectivity index (χ2n) is 3.33. The molecule has 0 aromatic carbocycles. The van der Waals surface area contributed by atoms with Crippen LogP contribution in [-0.2, 0) is 4.79 Å². The van der Waals surface area contributed by atoms with Gasteiger partial charge in [0.1, 0.15) is 0 Å². The molecule has 6 N–H and O–H groups in total. The van der Waals surface area contributed by atoms with Gasteiger partial charge >= 0.3 is 6.01 Å². The Morgan fingerprint density at radius 3 is 2.59 bits per heavy atom. The van der Waals surface area contributed by atoms with Gasteiger partial charge < -0.3 is 15.8 Å². The molecule has 9 nitrogen and oxygen atoms in total. The fourth-order valence-corrected chi connectivity index (χ4v) is 1.15. The van der Waals surface area contributed by atoms with Crippen LogP contribution >= 0.6 is 0 Å². The maximum atomic E-state index is 10.7. The number of nitrogens with one attached hydrogen (secondary N) is 2. The van der Waals surface area contributed by atoms with Gasteiger partial charge in [0, 0.05) is 12.5 Å². The highest BCUT2D eigenvalue weighted by atomic mass is 16.5. The number of primary amides is 1. The number of aromatic nitrogens is 3. The monoisotopic (exact) mass is 241 g/mol. The van der Waals surface area contributed by atoms with Crippen LogP contribution in [0.4, 0.5) is 11.9 Å². The zero-order chi connectivity index (χ0) is 12.8. The molecule has 0 aliphatic rings. The van der Waals surface area contributed by atoms with Gasteiger partial charge in [-0.3, -0.25) is 10.2 Å². The van der Waals surface area contributed by atoms with Crippen molar-refractivity contribution < 1.29 is 9.53 Å². The van der Waals surface area contributed by atoms with E-state index in [1.54, 1.807) is 6.92 Å². The summed E-state index contributed by atoms with van der Waals surface area (Å²) in [5.41, 5.74) is 7.35. The lowest BCUT2D eigenvalue weighted by atomic mass is 10.2. The van der Waals surface area contributed by atoms with Crippen LogP contribution in [0.1, 0.15) is 13.3 Å². The van der Waals surface area contributed by atoms with Gasteiger partial charge in [0.2, 0.25) is 17.8 Å². The molecule has 17 heavy (non-hydrogen) atoms. The van der Waals surface area contributed by atoms with Crippen LogP contribution in [0.2, 0.25) is 0 Å². The van der Waals surface area contributed by atoms with E-state index in [-0.39, 0.29) is 30.4 Å². The summed E-state index contributed by atoms with van der Waals surface area (Å²) in [4.78, 5) is 22.4. The van der Waals surface area contributed by atoms with Crippen LogP contribution in [0.5, 0.6) is 6.01 Å². The van der Waals surface area contributed by atoms with Gasteiger partial charge in [-0.2, -0.15) is 15.0 Å². The summed E-state index contributed by atoms with van der Waals surface area (Å²) in [6.45, 7) is 1.77. The predicted octanol–water partition coefficient (Wildman–Crippen LogP) is -1.16. The first-order chi connectivity index (χ1) is 8.05. The number of nitrogen functional groups attached to an aromatic ring is 1. The minimum Gasteiger partial charge on any atom is -0.467 e. The maximum absolute atomic E-state index is 10.7. The number of ether oxygens (including phenoxy) is 1. The summed E-state index contributed by atoms with van der Waals surface area (Å²) in [6, 6.07) is -0.0908. The Bertz CT molecular complexity index is 375. The third-order valence-electron chi connectivity index (χ3n) is 1.81. The third-order valence-corrected chi connectivity index (χ3v) is 1.81. The Kier molecular flexibility index (Phi) is 4.40. The van der Waals surface area contributed by atoms with Crippen molar-refractivity contribution in [1.29, 1.82) is 0 Å². The van der Waals surface area contributed by atoms with Crippen molar-refractivity contribution in [3.8, 4) is 6.01 Å². The molecule has 1 rings (SSSR count). The highest BCUT2D eigenvalue weighted by Gasteiger charge is 2.10. The number of amides is 1. The molecule has 1 unspecified atom stereocenters. The highest BCUT2D eigenvalue weighted by Crippen LogP contribution is 2.11. The predicted molar refractivity (Wildman–Crippen MR) is 61.1 cm³/mol. The van der Waals surface area contributed by atoms with E-state index in [1.165, 1.54) is 7.11 Å². The SMILES string of the molecule is COc1nc(NN)nc(NC(C)CC(N)=O)n1. The fraction of sp³-hybridized carbons (Fsp3) is 0.500. The third kappa shape index (κ3) is 4.07. The van der Waals surface area contributed by atoms with Crippen molar-refractivity contribution in [3.63, 3.8) is 0 Å². The topological polar surface area (TPSA) is 141 Å². The van der Waals surface area contributed by atoms with Crippen LogP contribution < -0.4 is 27.1 Å². The smallest absolute Gasteiger partial charge is 0.322 e. The van der Waals surface area contributed by atoms with Gasteiger partial charge in [-0.05, 0) is 6.92 Å².